The van der Waals surface area contributed by atoms with E-state index in [4.69, 9.17) is 5.11 Å². The van der Waals surface area contributed by atoms with Crippen molar-refractivity contribution in [1.82, 2.24) is 14.8 Å². The van der Waals surface area contributed by atoms with Gasteiger partial charge in [-0.25, -0.2) is 4.79 Å². The zero-order valence-electron chi connectivity index (χ0n) is 8.67. The van der Waals surface area contributed by atoms with E-state index in [1.165, 1.54) is 11.8 Å². The monoisotopic (exact) mass is 227 g/mol. The normalized spacial score (nSPS) is 11.7. The number of carboxylic acids is 1. The minimum Gasteiger partial charge on any atom is -0.478 e. The van der Waals surface area contributed by atoms with Crippen LogP contribution in [0.5, 0.6) is 0 Å². The maximum atomic E-state index is 10.7. The van der Waals surface area contributed by atoms with Crippen LogP contribution in [-0.2, 0) is 11.8 Å². The lowest BCUT2D eigenvalue weighted by Gasteiger charge is -1.98. The van der Waals surface area contributed by atoms with E-state index < -0.39 is 5.97 Å². The van der Waals surface area contributed by atoms with Crippen LogP contribution in [0.1, 0.15) is 13.3 Å². The summed E-state index contributed by atoms with van der Waals surface area (Å²) in [5.41, 5.74) is 0.435. The summed E-state index contributed by atoms with van der Waals surface area (Å²) >= 11 is 1.46. The first-order valence-electron chi connectivity index (χ1n) is 4.54. The maximum absolute atomic E-state index is 10.7. The molecule has 0 aromatic carbocycles. The number of aromatic nitrogens is 3. The third-order valence-electron chi connectivity index (χ3n) is 1.87. The minimum atomic E-state index is -0.851. The van der Waals surface area contributed by atoms with E-state index in [2.05, 4.69) is 10.2 Å². The Balaban J connectivity index is 2.51. The summed E-state index contributed by atoms with van der Waals surface area (Å²) in [5, 5.41) is 17.2. The topological polar surface area (TPSA) is 68.0 Å². The number of aryl methyl sites for hydroxylation is 1. The number of aliphatic carboxylic acids is 1. The number of carbonyl (C=O) groups is 1. The molecule has 0 fully saturated rings. The summed E-state index contributed by atoms with van der Waals surface area (Å²) in [6.07, 6.45) is 3.86. The van der Waals surface area contributed by atoms with Crippen LogP contribution in [0, 0.1) is 0 Å². The van der Waals surface area contributed by atoms with Crippen LogP contribution in [0.15, 0.2) is 23.1 Å². The van der Waals surface area contributed by atoms with Gasteiger partial charge in [-0.2, -0.15) is 0 Å². The second-order valence-corrected chi connectivity index (χ2v) is 3.91. The highest BCUT2D eigenvalue weighted by molar-refractivity contribution is 7.99. The smallest absolute Gasteiger partial charge is 0.331 e. The molecule has 82 valence electrons. The average Bonchev–Trinajstić information content (AvgIpc) is 2.58. The molecule has 1 aromatic rings. The van der Waals surface area contributed by atoms with Crippen molar-refractivity contribution in [1.29, 1.82) is 0 Å². The van der Waals surface area contributed by atoms with Gasteiger partial charge in [0.1, 0.15) is 6.33 Å². The minimum absolute atomic E-state index is 0.435. The molecule has 0 aliphatic heterocycles. The Kier molecular flexibility index (Phi) is 4.36. The first-order valence-corrected chi connectivity index (χ1v) is 5.52. The van der Waals surface area contributed by atoms with E-state index in [0.29, 0.717) is 17.7 Å². The molecule has 0 spiro atoms. The molecule has 15 heavy (non-hydrogen) atoms. The van der Waals surface area contributed by atoms with Crippen molar-refractivity contribution >= 4 is 17.7 Å². The fourth-order valence-corrected chi connectivity index (χ4v) is 1.79. The van der Waals surface area contributed by atoms with Crippen LogP contribution in [0.3, 0.4) is 0 Å². The Hall–Kier alpha value is -1.30. The Labute approximate surface area is 92.2 Å². The molecular weight excluding hydrogens is 214 g/mol. The molecule has 0 saturated heterocycles. The lowest BCUT2D eigenvalue weighted by Crippen LogP contribution is -1.99. The van der Waals surface area contributed by atoms with E-state index >= 15 is 0 Å². The molecule has 0 aliphatic carbocycles. The van der Waals surface area contributed by atoms with Crippen molar-refractivity contribution in [2.24, 2.45) is 7.05 Å². The highest BCUT2D eigenvalue weighted by Crippen LogP contribution is 2.14. The van der Waals surface area contributed by atoms with Crippen molar-refractivity contribution in [2.45, 2.75) is 18.5 Å². The summed E-state index contributed by atoms with van der Waals surface area (Å²) < 4.78 is 1.80. The average molecular weight is 227 g/mol. The third-order valence-corrected chi connectivity index (χ3v) is 2.83. The summed E-state index contributed by atoms with van der Waals surface area (Å²) in [4.78, 5) is 10.7. The Morgan fingerprint density at radius 3 is 2.93 bits per heavy atom. The Morgan fingerprint density at radius 2 is 2.47 bits per heavy atom. The second kappa shape index (κ2) is 5.55. The number of carboxylic acid groups (broad SMARTS) is 1. The molecule has 0 amide bonds. The first kappa shape index (κ1) is 11.8. The predicted octanol–water partition coefficient (Wildman–Crippen LogP) is 1.33. The number of rotatable bonds is 5. The van der Waals surface area contributed by atoms with Crippen molar-refractivity contribution in [3.8, 4) is 0 Å². The van der Waals surface area contributed by atoms with Crippen LogP contribution in [0.25, 0.3) is 0 Å². The quantitative estimate of drug-likeness (QED) is 0.607. The van der Waals surface area contributed by atoms with Gasteiger partial charge in [0.15, 0.2) is 5.16 Å². The van der Waals surface area contributed by atoms with Gasteiger partial charge in [-0.1, -0.05) is 24.8 Å². The Morgan fingerprint density at radius 1 is 1.73 bits per heavy atom. The van der Waals surface area contributed by atoms with Crippen molar-refractivity contribution in [3.63, 3.8) is 0 Å². The van der Waals surface area contributed by atoms with Gasteiger partial charge in [0.2, 0.25) is 0 Å². The van der Waals surface area contributed by atoms with Crippen molar-refractivity contribution in [2.75, 3.05) is 5.75 Å². The molecule has 0 aliphatic rings. The van der Waals surface area contributed by atoms with Gasteiger partial charge in [0.25, 0.3) is 0 Å². The first-order chi connectivity index (χ1) is 7.15. The van der Waals surface area contributed by atoms with Gasteiger partial charge in [-0.15, -0.1) is 10.2 Å². The number of thioether (sulfide) groups is 1. The van der Waals surface area contributed by atoms with Gasteiger partial charge < -0.3 is 9.67 Å². The van der Waals surface area contributed by atoms with Crippen LogP contribution in [0.4, 0.5) is 0 Å². The molecule has 1 N–H and O–H groups in total. The second-order valence-electron chi connectivity index (χ2n) is 2.92. The largest absolute Gasteiger partial charge is 0.478 e. The van der Waals surface area contributed by atoms with E-state index in [9.17, 15) is 4.79 Å². The summed E-state index contributed by atoms with van der Waals surface area (Å²) in [7, 11) is 1.85. The summed E-state index contributed by atoms with van der Waals surface area (Å²) in [5.74, 6) is -0.252. The van der Waals surface area contributed by atoms with Crippen molar-refractivity contribution in [3.05, 3.63) is 18.0 Å². The molecule has 5 nitrogen and oxygen atoms in total. The van der Waals surface area contributed by atoms with Gasteiger partial charge >= 0.3 is 5.97 Å². The van der Waals surface area contributed by atoms with Gasteiger partial charge in [-0.3, -0.25) is 0 Å². The van der Waals surface area contributed by atoms with E-state index in [0.717, 1.165) is 5.16 Å². The number of nitrogens with zero attached hydrogens (tertiary/aromatic N) is 3. The summed E-state index contributed by atoms with van der Waals surface area (Å²) in [6, 6.07) is 0. The van der Waals surface area contributed by atoms with Crippen LogP contribution in [0.2, 0.25) is 0 Å². The van der Waals surface area contributed by atoms with Gasteiger partial charge in [0.05, 0.1) is 0 Å². The molecule has 1 rings (SSSR count). The molecular formula is C9H13N3O2S. The SMILES string of the molecule is CCC(=CCSc1nncn1C)C(=O)O. The molecule has 0 radical (unpaired) electrons. The zero-order valence-corrected chi connectivity index (χ0v) is 9.49. The Bertz CT molecular complexity index is 373. The van der Waals surface area contributed by atoms with Crippen molar-refractivity contribution < 1.29 is 9.90 Å². The molecule has 1 aromatic heterocycles. The molecule has 0 saturated carbocycles. The number of hydrogen-bond donors (Lipinski definition) is 1. The molecule has 6 heteroatoms. The standard InChI is InChI=1S/C9H13N3O2S/c1-3-7(8(13)14)4-5-15-9-11-10-6-12(9)2/h4,6H,3,5H2,1-2H3,(H,13,14). The molecule has 0 atom stereocenters. The van der Waals surface area contributed by atoms with Crippen LogP contribution in [-0.4, -0.2) is 31.6 Å². The zero-order chi connectivity index (χ0) is 11.3. The highest BCUT2D eigenvalue weighted by atomic mass is 32.2. The third kappa shape index (κ3) is 3.39. The fourth-order valence-electron chi connectivity index (χ4n) is 1.00. The van der Waals surface area contributed by atoms with Crippen LogP contribution < -0.4 is 0 Å². The van der Waals surface area contributed by atoms with Gasteiger partial charge in [-0.05, 0) is 6.42 Å². The lowest BCUT2D eigenvalue weighted by molar-refractivity contribution is -0.132. The summed E-state index contributed by atoms with van der Waals surface area (Å²) in [6.45, 7) is 1.83. The highest BCUT2D eigenvalue weighted by Gasteiger charge is 2.04. The maximum Gasteiger partial charge on any atom is 0.331 e. The van der Waals surface area contributed by atoms with Gasteiger partial charge in [0, 0.05) is 18.4 Å². The van der Waals surface area contributed by atoms with E-state index in [1.807, 2.05) is 14.0 Å². The lowest BCUT2D eigenvalue weighted by atomic mass is 10.2. The molecule has 0 unspecified atom stereocenters. The van der Waals surface area contributed by atoms with E-state index in [-0.39, 0.29) is 0 Å². The fraction of sp³-hybridized carbons (Fsp3) is 0.444. The molecule has 0 bridgehead atoms. The number of hydrogen-bond acceptors (Lipinski definition) is 4. The van der Waals surface area contributed by atoms with E-state index in [1.54, 1.807) is 17.0 Å². The molecule has 1 heterocycles. The van der Waals surface area contributed by atoms with Crippen LogP contribution >= 0.6 is 11.8 Å². The predicted molar refractivity (Wildman–Crippen MR) is 57.7 cm³/mol.